The molecule has 0 aliphatic carbocycles. The summed E-state index contributed by atoms with van der Waals surface area (Å²) in [4.78, 5) is 0. The molecule has 0 aliphatic rings. The van der Waals surface area contributed by atoms with Gasteiger partial charge in [0.25, 0.3) is 0 Å². The molecular formula is C13H12ClNO2. The van der Waals surface area contributed by atoms with Gasteiger partial charge in [0.1, 0.15) is 18.1 Å². The molecule has 0 aromatic heterocycles. The first-order valence-electron chi connectivity index (χ1n) is 5.11. The van der Waals surface area contributed by atoms with Gasteiger partial charge in [0.15, 0.2) is 0 Å². The number of phenols is 1. The van der Waals surface area contributed by atoms with E-state index in [1.807, 2.05) is 6.07 Å². The molecule has 17 heavy (non-hydrogen) atoms. The summed E-state index contributed by atoms with van der Waals surface area (Å²) >= 11 is 5.79. The van der Waals surface area contributed by atoms with Gasteiger partial charge in [-0.15, -0.1) is 0 Å². The average Bonchev–Trinajstić information content (AvgIpc) is 2.28. The predicted octanol–water partition coefficient (Wildman–Crippen LogP) is 3.21. The molecule has 0 atom stereocenters. The van der Waals surface area contributed by atoms with Crippen LogP contribution < -0.4 is 10.5 Å². The van der Waals surface area contributed by atoms with Crippen LogP contribution in [-0.2, 0) is 6.61 Å². The Balaban J connectivity index is 2.07. The number of hydrogen-bond acceptors (Lipinski definition) is 3. The zero-order valence-corrected chi connectivity index (χ0v) is 9.82. The molecule has 0 saturated carbocycles. The van der Waals surface area contributed by atoms with Crippen LogP contribution >= 0.6 is 11.6 Å². The Bertz CT molecular complexity index is 529. The third-order valence-electron chi connectivity index (χ3n) is 2.28. The molecule has 4 heteroatoms. The van der Waals surface area contributed by atoms with Crippen molar-refractivity contribution in [3.63, 3.8) is 0 Å². The monoisotopic (exact) mass is 249 g/mol. The summed E-state index contributed by atoms with van der Waals surface area (Å²) in [5, 5.41) is 9.88. The van der Waals surface area contributed by atoms with Crippen molar-refractivity contribution in [1.29, 1.82) is 0 Å². The highest BCUT2D eigenvalue weighted by molar-refractivity contribution is 6.30. The Morgan fingerprint density at radius 1 is 1.18 bits per heavy atom. The molecular weight excluding hydrogens is 238 g/mol. The molecule has 0 fully saturated rings. The third-order valence-corrected chi connectivity index (χ3v) is 2.51. The fraction of sp³-hybridized carbons (Fsp3) is 0.0769. The predicted molar refractivity (Wildman–Crippen MR) is 68.3 cm³/mol. The molecule has 0 saturated heterocycles. The quantitative estimate of drug-likeness (QED) is 0.822. The number of hydrogen-bond donors (Lipinski definition) is 2. The van der Waals surface area contributed by atoms with E-state index in [1.165, 1.54) is 0 Å². The molecule has 88 valence electrons. The summed E-state index contributed by atoms with van der Waals surface area (Å²) < 4.78 is 5.54. The number of anilines is 1. The second-order valence-corrected chi connectivity index (χ2v) is 4.08. The first-order valence-corrected chi connectivity index (χ1v) is 5.48. The standard InChI is InChI=1S/C13H12ClNO2/c14-10-4-5-13(12(15)7-10)17-8-9-2-1-3-11(16)6-9/h1-7,16H,8,15H2. The van der Waals surface area contributed by atoms with E-state index in [4.69, 9.17) is 22.1 Å². The zero-order valence-electron chi connectivity index (χ0n) is 9.06. The van der Waals surface area contributed by atoms with Crippen LogP contribution in [0.1, 0.15) is 5.56 Å². The number of nitrogen functional groups attached to an aromatic ring is 1. The lowest BCUT2D eigenvalue weighted by atomic mass is 10.2. The fourth-order valence-electron chi connectivity index (χ4n) is 1.46. The van der Waals surface area contributed by atoms with E-state index >= 15 is 0 Å². The van der Waals surface area contributed by atoms with Gasteiger partial charge in [0.2, 0.25) is 0 Å². The number of ether oxygens (including phenoxy) is 1. The highest BCUT2D eigenvalue weighted by Gasteiger charge is 2.02. The second-order valence-electron chi connectivity index (χ2n) is 3.64. The Hall–Kier alpha value is -1.87. The van der Waals surface area contributed by atoms with Crippen molar-refractivity contribution in [2.75, 3.05) is 5.73 Å². The minimum Gasteiger partial charge on any atom is -0.508 e. The van der Waals surface area contributed by atoms with Crippen molar-refractivity contribution in [3.05, 3.63) is 53.1 Å². The number of phenolic OH excluding ortho intramolecular Hbond substituents is 1. The minimum atomic E-state index is 0.218. The molecule has 3 nitrogen and oxygen atoms in total. The van der Waals surface area contributed by atoms with Crippen LogP contribution in [0.3, 0.4) is 0 Å². The smallest absolute Gasteiger partial charge is 0.142 e. The maximum Gasteiger partial charge on any atom is 0.142 e. The molecule has 2 rings (SSSR count). The largest absolute Gasteiger partial charge is 0.508 e. The highest BCUT2D eigenvalue weighted by Crippen LogP contribution is 2.26. The van der Waals surface area contributed by atoms with E-state index < -0.39 is 0 Å². The molecule has 0 aliphatic heterocycles. The van der Waals surface area contributed by atoms with E-state index in [9.17, 15) is 5.11 Å². The molecule has 0 heterocycles. The molecule has 0 unspecified atom stereocenters. The summed E-state index contributed by atoms with van der Waals surface area (Å²) in [5.41, 5.74) is 7.13. The lowest BCUT2D eigenvalue weighted by Gasteiger charge is -2.09. The summed E-state index contributed by atoms with van der Waals surface area (Å²) in [6, 6.07) is 12.0. The normalized spacial score (nSPS) is 10.2. The van der Waals surface area contributed by atoms with Gasteiger partial charge >= 0.3 is 0 Å². The van der Waals surface area contributed by atoms with E-state index in [0.29, 0.717) is 23.1 Å². The van der Waals surface area contributed by atoms with Crippen LogP contribution in [0.5, 0.6) is 11.5 Å². The van der Waals surface area contributed by atoms with Gasteiger partial charge in [0.05, 0.1) is 5.69 Å². The minimum absolute atomic E-state index is 0.218. The number of benzene rings is 2. The Kier molecular flexibility index (Phi) is 3.40. The van der Waals surface area contributed by atoms with Crippen molar-refractivity contribution < 1.29 is 9.84 Å². The van der Waals surface area contributed by atoms with Crippen LogP contribution in [0.15, 0.2) is 42.5 Å². The van der Waals surface area contributed by atoms with E-state index in [2.05, 4.69) is 0 Å². The van der Waals surface area contributed by atoms with E-state index in [-0.39, 0.29) is 5.75 Å². The van der Waals surface area contributed by atoms with E-state index in [0.717, 1.165) is 5.56 Å². The Morgan fingerprint density at radius 2 is 2.00 bits per heavy atom. The molecule has 2 aromatic rings. The number of nitrogens with two attached hydrogens (primary N) is 1. The summed E-state index contributed by atoms with van der Waals surface area (Å²) in [5.74, 6) is 0.799. The topological polar surface area (TPSA) is 55.5 Å². The van der Waals surface area contributed by atoms with Crippen LogP contribution in [0.4, 0.5) is 5.69 Å². The van der Waals surface area contributed by atoms with Crippen LogP contribution in [0.2, 0.25) is 5.02 Å². The fourth-order valence-corrected chi connectivity index (χ4v) is 1.64. The lowest BCUT2D eigenvalue weighted by molar-refractivity contribution is 0.307. The lowest BCUT2D eigenvalue weighted by Crippen LogP contribution is -1.98. The SMILES string of the molecule is Nc1cc(Cl)ccc1OCc1cccc(O)c1. The Labute approximate surface area is 104 Å². The van der Waals surface area contributed by atoms with Gasteiger partial charge in [-0.2, -0.15) is 0 Å². The van der Waals surface area contributed by atoms with Gasteiger partial charge in [-0.1, -0.05) is 23.7 Å². The zero-order chi connectivity index (χ0) is 12.3. The highest BCUT2D eigenvalue weighted by atomic mass is 35.5. The van der Waals surface area contributed by atoms with E-state index in [1.54, 1.807) is 36.4 Å². The van der Waals surface area contributed by atoms with Crippen molar-refractivity contribution in [3.8, 4) is 11.5 Å². The molecule has 2 aromatic carbocycles. The van der Waals surface area contributed by atoms with Crippen molar-refractivity contribution in [2.45, 2.75) is 6.61 Å². The first-order chi connectivity index (χ1) is 8.15. The van der Waals surface area contributed by atoms with Gasteiger partial charge < -0.3 is 15.6 Å². The Morgan fingerprint density at radius 3 is 2.71 bits per heavy atom. The number of rotatable bonds is 3. The van der Waals surface area contributed by atoms with Gasteiger partial charge in [-0.3, -0.25) is 0 Å². The summed E-state index contributed by atoms with van der Waals surface area (Å²) in [6.45, 7) is 0.347. The van der Waals surface area contributed by atoms with Gasteiger partial charge in [-0.25, -0.2) is 0 Å². The van der Waals surface area contributed by atoms with Crippen molar-refractivity contribution in [1.82, 2.24) is 0 Å². The number of halogens is 1. The summed E-state index contributed by atoms with van der Waals surface area (Å²) in [6.07, 6.45) is 0. The van der Waals surface area contributed by atoms with Crippen LogP contribution in [0.25, 0.3) is 0 Å². The molecule has 0 spiro atoms. The maximum atomic E-state index is 9.30. The van der Waals surface area contributed by atoms with Crippen LogP contribution in [-0.4, -0.2) is 5.11 Å². The van der Waals surface area contributed by atoms with Crippen molar-refractivity contribution >= 4 is 17.3 Å². The molecule has 0 radical (unpaired) electrons. The third kappa shape index (κ3) is 3.04. The second kappa shape index (κ2) is 4.97. The molecule has 3 N–H and O–H groups in total. The van der Waals surface area contributed by atoms with Crippen molar-refractivity contribution in [2.24, 2.45) is 0 Å². The van der Waals surface area contributed by atoms with Gasteiger partial charge in [-0.05, 0) is 35.9 Å². The van der Waals surface area contributed by atoms with Gasteiger partial charge in [0, 0.05) is 5.02 Å². The summed E-state index contributed by atoms with van der Waals surface area (Å²) in [7, 11) is 0. The molecule has 0 amide bonds. The average molecular weight is 250 g/mol. The number of aromatic hydroxyl groups is 1. The molecule has 0 bridgehead atoms. The van der Waals surface area contributed by atoms with Crippen LogP contribution in [0, 0.1) is 0 Å². The maximum absolute atomic E-state index is 9.30. The first kappa shape index (κ1) is 11.6.